The standard InChI is InChI=1S/C19H34N4O2.HI/c1-4-20-19(21-8-7-18-6-5-11-25-18)22-15-17(14-16(2)3)23-9-12-24-13-10-23;/h5-6,11,16-17H,4,7-10,12-15H2,1-3H3,(H2,20,21,22);1H. The summed E-state index contributed by atoms with van der Waals surface area (Å²) >= 11 is 0. The molecular weight excluding hydrogens is 443 g/mol. The number of hydrogen-bond acceptors (Lipinski definition) is 4. The molecule has 1 saturated heterocycles. The van der Waals surface area contributed by atoms with Gasteiger partial charge in [0.25, 0.3) is 0 Å². The Bertz CT molecular complexity index is 488. The molecule has 6 nitrogen and oxygen atoms in total. The van der Waals surface area contributed by atoms with Crippen LogP contribution >= 0.6 is 24.0 Å². The van der Waals surface area contributed by atoms with Crippen LogP contribution in [-0.4, -0.2) is 62.8 Å². The molecule has 1 atom stereocenters. The molecule has 1 aliphatic heterocycles. The lowest BCUT2D eigenvalue weighted by atomic mass is 10.0. The van der Waals surface area contributed by atoms with Gasteiger partial charge in [-0.05, 0) is 31.4 Å². The molecule has 1 aromatic rings. The van der Waals surface area contributed by atoms with E-state index < -0.39 is 0 Å². The summed E-state index contributed by atoms with van der Waals surface area (Å²) in [7, 11) is 0. The van der Waals surface area contributed by atoms with Crippen molar-refractivity contribution in [3.63, 3.8) is 0 Å². The number of guanidine groups is 1. The van der Waals surface area contributed by atoms with E-state index in [-0.39, 0.29) is 24.0 Å². The van der Waals surface area contributed by atoms with Crippen LogP contribution in [0.25, 0.3) is 0 Å². The molecule has 1 fully saturated rings. The first-order valence-electron chi connectivity index (χ1n) is 9.55. The first-order valence-corrected chi connectivity index (χ1v) is 9.55. The molecule has 2 N–H and O–H groups in total. The van der Waals surface area contributed by atoms with Crippen molar-refractivity contribution >= 4 is 29.9 Å². The van der Waals surface area contributed by atoms with E-state index in [9.17, 15) is 0 Å². The lowest BCUT2D eigenvalue weighted by Gasteiger charge is -2.34. The Morgan fingerprint density at radius 1 is 1.27 bits per heavy atom. The van der Waals surface area contributed by atoms with E-state index in [1.165, 1.54) is 0 Å². The molecular formula is C19H35IN4O2. The van der Waals surface area contributed by atoms with Crippen molar-refractivity contribution in [3.05, 3.63) is 24.2 Å². The Kier molecular flexibility index (Phi) is 12.0. The van der Waals surface area contributed by atoms with Gasteiger partial charge in [0.1, 0.15) is 5.76 Å². The molecule has 2 rings (SSSR count). The molecule has 0 spiro atoms. The van der Waals surface area contributed by atoms with Gasteiger partial charge in [-0.2, -0.15) is 0 Å². The minimum atomic E-state index is 0. The Morgan fingerprint density at radius 3 is 2.65 bits per heavy atom. The number of furan rings is 1. The fourth-order valence-corrected chi connectivity index (χ4v) is 3.12. The van der Waals surface area contributed by atoms with Gasteiger partial charge in [0.05, 0.1) is 26.0 Å². The molecule has 2 heterocycles. The number of nitrogens with one attached hydrogen (secondary N) is 2. The first kappa shape index (κ1) is 23.2. The van der Waals surface area contributed by atoms with Crippen LogP contribution in [-0.2, 0) is 11.2 Å². The lowest BCUT2D eigenvalue weighted by Crippen LogP contribution is -2.46. The molecule has 0 radical (unpaired) electrons. The van der Waals surface area contributed by atoms with Crippen molar-refractivity contribution in [1.29, 1.82) is 0 Å². The third kappa shape index (κ3) is 8.73. The summed E-state index contributed by atoms with van der Waals surface area (Å²) in [6.07, 6.45) is 3.74. The maximum absolute atomic E-state index is 5.50. The van der Waals surface area contributed by atoms with Gasteiger partial charge in [-0.3, -0.25) is 9.89 Å². The van der Waals surface area contributed by atoms with Crippen molar-refractivity contribution in [2.24, 2.45) is 10.9 Å². The summed E-state index contributed by atoms with van der Waals surface area (Å²) < 4.78 is 10.9. The van der Waals surface area contributed by atoms with Crippen LogP contribution in [0.3, 0.4) is 0 Å². The number of morpholine rings is 1. The normalized spacial score (nSPS) is 17.0. The van der Waals surface area contributed by atoms with Crippen molar-refractivity contribution in [3.8, 4) is 0 Å². The van der Waals surface area contributed by atoms with Crippen molar-refractivity contribution in [2.45, 2.75) is 39.7 Å². The minimum absolute atomic E-state index is 0. The van der Waals surface area contributed by atoms with E-state index in [1.54, 1.807) is 6.26 Å². The second kappa shape index (κ2) is 13.4. The van der Waals surface area contributed by atoms with Gasteiger partial charge in [-0.1, -0.05) is 13.8 Å². The molecule has 26 heavy (non-hydrogen) atoms. The minimum Gasteiger partial charge on any atom is -0.469 e. The van der Waals surface area contributed by atoms with Crippen LogP contribution in [0.5, 0.6) is 0 Å². The van der Waals surface area contributed by atoms with Crippen LogP contribution in [0.2, 0.25) is 0 Å². The van der Waals surface area contributed by atoms with Crippen LogP contribution in [0.4, 0.5) is 0 Å². The molecule has 150 valence electrons. The van der Waals surface area contributed by atoms with E-state index in [2.05, 4.69) is 36.3 Å². The highest BCUT2D eigenvalue weighted by Gasteiger charge is 2.21. The van der Waals surface area contributed by atoms with E-state index >= 15 is 0 Å². The Balaban J connectivity index is 0.00000338. The van der Waals surface area contributed by atoms with E-state index in [4.69, 9.17) is 14.1 Å². The van der Waals surface area contributed by atoms with Crippen molar-refractivity contribution in [1.82, 2.24) is 15.5 Å². The molecule has 7 heteroatoms. The number of nitrogens with zero attached hydrogens (tertiary/aromatic N) is 2. The molecule has 1 aliphatic rings. The van der Waals surface area contributed by atoms with Crippen LogP contribution < -0.4 is 10.6 Å². The quantitative estimate of drug-likeness (QED) is 0.325. The van der Waals surface area contributed by atoms with Gasteiger partial charge in [0.2, 0.25) is 0 Å². The monoisotopic (exact) mass is 478 g/mol. The third-order valence-corrected chi connectivity index (χ3v) is 4.35. The number of halogens is 1. The second-order valence-electron chi connectivity index (χ2n) is 6.91. The average molecular weight is 478 g/mol. The summed E-state index contributed by atoms with van der Waals surface area (Å²) in [5.74, 6) is 2.54. The highest BCUT2D eigenvalue weighted by Crippen LogP contribution is 2.14. The maximum atomic E-state index is 5.50. The van der Waals surface area contributed by atoms with Gasteiger partial charge >= 0.3 is 0 Å². The van der Waals surface area contributed by atoms with Crippen molar-refractivity contribution in [2.75, 3.05) is 45.9 Å². The summed E-state index contributed by atoms with van der Waals surface area (Å²) in [4.78, 5) is 7.37. The second-order valence-corrected chi connectivity index (χ2v) is 6.91. The zero-order valence-corrected chi connectivity index (χ0v) is 18.7. The predicted molar refractivity (Wildman–Crippen MR) is 117 cm³/mol. The van der Waals surface area contributed by atoms with Crippen molar-refractivity contribution < 1.29 is 9.15 Å². The van der Waals surface area contributed by atoms with E-state index in [0.29, 0.717) is 12.0 Å². The Labute approximate surface area is 175 Å². The Morgan fingerprint density at radius 2 is 2.04 bits per heavy atom. The smallest absolute Gasteiger partial charge is 0.191 e. The highest BCUT2D eigenvalue weighted by molar-refractivity contribution is 14.0. The molecule has 0 aromatic carbocycles. The molecule has 0 amide bonds. The number of hydrogen-bond donors (Lipinski definition) is 2. The third-order valence-electron chi connectivity index (χ3n) is 4.35. The molecule has 0 saturated carbocycles. The van der Waals surface area contributed by atoms with Crippen LogP contribution in [0.15, 0.2) is 27.8 Å². The predicted octanol–water partition coefficient (Wildman–Crippen LogP) is 2.74. The lowest BCUT2D eigenvalue weighted by molar-refractivity contribution is 0.0143. The number of ether oxygens (including phenoxy) is 1. The SMILES string of the molecule is CCNC(=NCC(CC(C)C)N1CCOCC1)NCCc1ccco1.I. The van der Waals surface area contributed by atoms with E-state index in [0.717, 1.165) is 70.5 Å². The van der Waals surface area contributed by atoms with Gasteiger partial charge in [0, 0.05) is 38.6 Å². The molecule has 1 unspecified atom stereocenters. The topological polar surface area (TPSA) is 62.0 Å². The summed E-state index contributed by atoms with van der Waals surface area (Å²) in [5, 5.41) is 6.75. The van der Waals surface area contributed by atoms with Gasteiger partial charge < -0.3 is 19.8 Å². The maximum Gasteiger partial charge on any atom is 0.191 e. The average Bonchev–Trinajstić information content (AvgIpc) is 3.12. The summed E-state index contributed by atoms with van der Waals surface area (Å²) in [6.45, 7) is 12.8. The fraction of sp³-hybridized carbons (Fsp3) is 0.737. The van der Waals surface area contributed by atoms with Crippen LogP contribution in [0.1, 0.15) is 33.0 Å². The van der Waals surface area contributed by atoms with E-state index in [1.807, 2.05) is 12.1 Å². The first-order chi connectivity index (χ1) is 12.2. The summed E-state index contributed by atoms with van der Waals surface area (Å²) in [6, 6.07) is 4.40. The number of aliphatic imine (C=N–C) groups is 1. The van der Waals surface area contributed by atoms with Crippen LogP contribution in [0, 0.1) is 5.92 Å². The Hall–Kier alpha value is -0.800. The summed E-state index contributed by atoms with van der Waals surface area (Å²) in [5.41, 5.74) is 0. The zero-order valence-electron chi connectivity index (χ0n) is 16.4. The molecule has 0 bridgehead atoms. The zero-order chi connectivity index (χ0) is 17.9. The molecule has 1 aromatic heterocycles. The van der Waals surface area contributed by atoms with Gasteiger partial charge in [-0.25, -0.2) is 0 Å². The van der Waals surface area contributed by atoms with Gasteiger partial charge in [0.15, 0.2) is 5.96 Å². The molecule has 0 aliphatic carbocycles. The number of rotatable bonds is 9. The highest BCUT2D eigenvalue weighted by atomic mass is 127. The van der Waals surface area contributed by atoms with Gasteiger partial charge in [-0.15, -0.1) is 24.0 Å². The fourth-order valence-electron chi connectivity index (χ4n) is 3.12. The largest absolute Gasteiger partial charge is 0.469 e.